The van der Waals surface area contributed by atoms with Crippen LogP contribution in [0.5, 0.6) is 0 Å². The minimum Gasteiger partial charge on any atom is -0.450 e. The summed E-state index contributed by atoms with van der Waals surface area (Å²) in [5.41, 5.74) is 5.32. The molecule has 0 rings (SSSR count). The standard InChI is InChI=1S/C9H19N3O3/c1-4-15-9(13)12(7(2)3)6-5-8(10)11-14/h7,14H,4-6H2,1-3H3,(H2,10,11). The second-order valence-corrected chi connectivity index (χ2v) is 3.33. The van der Waals surface area contributed by atoms with Crippen LogP contribution in [-0.4, -0.2) is 41.2 Å². The van der Waals surface area contributed by atoms with Crippen LogP contribution in [0.25, 0.3) is 0 Å². The maximum Gasteiger partial charge on any atom is 0.409 e. The van der Waals surface area contributed by atoms with Gasteiger partial charge in [-0.25, -0.2) is 4.79 Å². The molecule has 0 aliphatic rings. The third-order valence-electron chi connectivity index (χ3n) is 1.86. The van der Waals surface area contributed by atoms with Gasteiger partial charge in [-0.3, -0.25) is 0 Å². The molecule has 0 spiro atoms. The Kier molecular flexibility index (Phi) is 6.24. The van der Waals surface area contributed by atoms with Crippen LogP contribution in [0, 0.1) is 0 Å². The van der Waals surface area contributed by atoms with Gasteiger partial charge in [-0.2, -0.15) is 0 Å². The highest BCUT2D eigenvalue weighted by Crippen LogP contribution is 2.03. The molecule has 0 aliphatic carbocycles. The molecular formula is C9H19N3O3. The highest BCUT2D eigenvalue weighted by Gasteiger charge is 2.17. The number of amides is 1. The van der Waals surface area contributed by atoms with Crippen molar-refractivity contribution in [1.29, 1.82) is 0 Å². The number of nitrogens with two attached hydrogens (primary N) is 1. The van der Waals surface area contributed by atoms with E-state index in [1.807, 2.05) is 13.8 Å². The Balaban J connectivity index is 4.22. The Labute approximate surface area is 89.7 Å². The Morgan fingerprint density at radius 3 is 2.60 bits per heavy atom. The second kappa shape index (κ2) is 6.92. The molecule has 6 heteroatoms. The van der Waals surface area contributed by atoms with E-state index in [0.29, 0.717) is 19.6 Å². The molecule has 0 aromatic heterocycles. The minimum atomic E-state index is -0.377. The van der Waals surface area contributed by atoms with Crippen molar-refractivity contribution < 1.29 is 14.7 Å². The lowest BCUT2D eigenvalue weighted by Gasteiger charge is -2.25. The van der Waals surface area contributed by atoms with Gasteiger partial charge in [-0.1, -0.05) is 5.16 Å². The predicted octanol–water partition coefficient (Wildman–Crippen LogP) is 0.990. The van der Waals surface area contributed by atoms with E-state index in [1.165, 1.54) is 4.90 Å². The molecule has 0 atom stereocenters. The number of amidine groups is 1. The maximum absolute atomic E-state index is 11.4. The lowest BCUT2D eigenvalue weighted by atomic mass is 10.3. The first-order chi connectivity index (χ1) is 7.02. The average molecular weight is 217 g/mol. The highest BCUT2D eigenvalue weighted by molar-refractivity contribution is 5.80. The SMILES string of the molecule is CCOC(=O)N(CCC(N)=NO)C(C)C. The smallest absolute Gasteiger partial charge is 0.409 e. The van der Waals surface area contributed by atoms with E-state index in [2.05, 4.69) is 5.16 Å². The van der Waals surface area contributed by atoms with Crippen LogP contribution in [0.2, 0.25) is 0 Å². The summed E-state index contributed by atoms with van der Waals surface area (Å²) in [6, 6.07) is 0.0237. The third-order valence-corrected chi connectivity index (χ3v) is 1.86. The maximum atomic E-state index is 11.4. The van der Waals surface area contributed by atoms with E-state index in [0.717, 1.165) is 0 Å². The van der Waals surface area contributed by atoms with Crippen LogP contribution in [0.4, 0.5) is 4.79 Å². The first-order valence-corrected chi connectivity index (χ1v) is 4.92. The molecule has 0 fully saturated rings. The number of ether oxygens (including phenoxy) is 1. The fourth-order valence-electron chi connectivity index (χ4n) is 1.05. The molecule has 0 aliphatic heterocycles. The van der Waals surface area contributed by atoms with Crippen molar-refractivity contribution in [2.45, 2.75) is 33.2 Å². The summed E-state index contributed by atoms with van der Waals surface area (Å²) in [5, 5.41) is 11.2. The summed E-state index contributed by atoms with van der Waals surface area (Å²) in [6.45, 7) is 6.23. The van der Waals surface area contributed by atoms with Gasteiger partial charge in [0.25, 0.3) is 0 Å². The zero-order chi connectivity index (χ0) is 11.8. The van der Waals surface area contributed by atoms with E-state index in [4.69, 9.17) is 15.7 Å². The largest absolute Gasteiger partial charge is 0.450 e. The van der Waals surface area contributed by atoms with Crippen molar-refractivity contribution in [3.05, 3.63) is 0 Å². The van der Waals surface area contributed by atoms with Crippen LogP contribution in [-0.2, 0) is 4.74 Å². The zero-order valence-corrected chi connectivity index (χ0v) is 9.43. The van der Waals surface area contributed by atoms with Gasteiger partial charge < -0.3 is 20.6 Å². The van der Waals surface area contributed by atoms with E-state index in [-0.39, 0.29) is 18.0 Å². The van der Waals surface area contributed by atoms with Crippen LogP contribution in [0.1, 0.15) is 27.2 Å². The topological polar surface area (TPSA) is 88.2 Å². The van der Waals surface area contributed by atoms with E-state index in [1.54, 1.807) is 6.92 Å². The summed E-state index contributed by atoms with van der Waals surface area (Å²) in [4.78, 5) is 13.0. The van der Waals surface area contributed by atoms with E-state index in [9.17, 15) is 4.79 Å². The van der Waals surface area contributed by atoms with Gasteiger partial charge >= 0.3 is 6.09 Å². The average Bonchev–Trinajstić information content (AvgIpc) is 2.17. The molecule has 0 saturated heterocycles. The predicted molar refractivity (Wildman–Crippen MR) is 56.9 cm³/mol. The summed E-state index contributed by atoms with van der Waals surface area (Å²) >= 11 is 0. The number of rotatable bonds is 5. The van der Waals surface area contributed by atoms with Crippen LogP contribution in [0.15, 0.2) is 5.16 Å². The number of nitrogens with zero attached hydrogens (tertiary/aromatic N) is 2. The minimum absolute atomic E-state index is 0.0237. The monoisotopic (exact) mass is 217 g/mol. The summed E-state index contributed by atoms with van der Waals surface area (Å²) in [5.74, 6) is 0.102. The molecule has 0 aromatic carbocycles. The van der Waals surface area contributed by atoms with Crippen LogP contribution >= 0.6 is 0 Å². The van der Waals surface area contributed by atoms with Gasteiger partial charge in [0.2, 0.25) is 0 Å². The molecule has 0 bridgehead atoms. The molecule has 0 aromatic rings. The Bertz CT molecular complexity index is 229. The number of hydrogen-bond acceptors (Lipinski definition) is 4. The normalized spacial score (nSPS) is 11.6. The second-order valence-electron chi connectivity index (χ2n) is 3.33. The fraction of sp³-hybridized carbons (Fsp3) is 0.778. The molecule has 6 nitrogen and oxygen atoms in total. The molecular weight excluding hydrogens is 198 g/mol. The van der Waals surface area contributed by atoms with Crippen LogP contribution in [0.3, 0.4) is 0 Å². The summed E-state index contributed by atoms with van der Waals surface area (Å²) < 4.78 is 4.88. The van der Waals surface area contributed by atoms with Crippen molar-refractivity contribution in [3.63, 3.8) is 0 Å². The summed E-state index contributed by atoms with van der Waals surface area (Å²) in [7, 11) is 0. The summed E-state index contributed by atoms with van der Waals surface area (Å²) in [6.07, 6.45) is -0.0498. The molecule has 0 radical (unpaired) electrons. The van der Waals surface area contributed by atoms with Gasteiger partial charge in [0.1, 0.15) is 5.84 Å². The van der Waals surface area contributed by atoms with Crippen LogP contribution < -0.4 is 5.73 Å². The molecule has 3 N–H and O–H groups in total. The van der Waals surface area contributed by atoms with Gasteiger partial charge in [-0.15, -0.1) is 0 Å². The van der Waals surface area contributed by atoms with Crippen molar-refractivity contribution in [2.24, 2.45) is 10.9 Å². The van der Waals surface area contributed by atoms with E-state index >= 15 is 0 Å². The first kappa shape index (κ1) is 13.5. The molecule has 0 heterocycles. The van der Waals surface area contributed by atoms with Gasteiger partial charge in [0, 0.05) is 19.0 Å². The van der Waals surface area contributed by atoms with Crippen molar-refractivity contribution in [1.82, 2.24) is 4.90 Å². The highest BCUT2D eigenvalue weighted by atomic mass is 16.6. The third kappa shape index (κ3) is 5.09. The Morgan fingerprint density at radius 2 is 2.20 bits per heavy atom. The molecule has 15 heavy (non-hydrogen) atoms. The van der Waals surface area contributed by atoms with Crippen molar-refractivity contribution in [3.8, 4) is 0 Å². The van der Waals surface area contributed by atoms with Gasteiger partial charge in [0.05, 0.1) is 6.61 Å². The quantitative estimate of drug-likeness (QED) is 0.311. The molecule has 0 saturated carbocycles. The van der Waals surface area contributed by atoms with E-state index < -0.39 is 0 Å². The first-order valence-electron chi connectivity index (χ1n) is 4.92. The van der Waals surface area contributed by atoms with Crippen molar-refractivity contribution >= 4 is 11.9 Å². The van der Waals surface area contributed by atoms with Crippen molar-refractivity contribution in [2.75, 3.05) is 13.2 Å². The molecule has 0 unspecified atom stereocenters. The molecule has 1 amide bonds. The zero-order valence-electron chi connectivity index (χ0n) is 9.43. The van der Waals surface area contributed by atoms with Gasteiger partial charge in [-0.05, 0) is 20.8 Å². The Hall–Kier alpha value is -1.46. The lowest BCUT2D eigenvalue weighted by Crippen LogP contribution is -2.39. The Morgan fingerprint density at radius 1 is 1.60 bits per heavy atom. The number of carbonyl (C=O) groups excluding carboxylic acids is 1. The number of oxime groups is 1. The number of carbonyl (C=O) groups is 1. The molecule has 88 valence electrons. The lowest BCUT2D eigenvalue weighted by molar-refractivity contribution is 0.0972. The fourth-order valence-corrected chi connectivity index (χ4v) is 1.05. The van der Waals surface area contributed by atoms with Gasteiger partial charge in [0.15, 0.2) is 0 Å². The number of hydrogen-bond donors (Lipinski definition) is 2.